The summed E-state index contributed by atoms with van der Waals surface area (Å²) in [4.78, 5) is 22.4. The van der Waals surface area contributed by atoms with Crippen molar-refractivity contribution in [1.29, 1.82) is 1.43 Å². The van der Waals surface area contributed by atoms with Crippen molar-refractivity contribution in [2.45, 2.75) is 12.2 Å². The molecule has 0 saturated heterocycles. The van der Waals surface area contributed by atoms with Crippen LogP contribution in [-0.4, -0.2) is 57.7 Å². The Morgan fingerprint density at radius 1 is 1.57 bits per heavy atom. The van der Waals surface area contributed by atoms with Crippen LogP contribution in [0.5, 0.6) is 0 Å². The molecule has 0 spiro atoms. The summed E-state index contributed by atoms with van der Waals surface area (Å²) in [7, 11) is -4.58. The zero-order valence-electron chi connectivity index (χ0n) is 7.94. The van der Waals surface area contributed by atoms with Crippen LogP contribution in [0.2, 0.25) is 0 Å². The van der Waals surface area contributed by atoms with Gasteiger partial charge in [0.25, 0.3) is 0 Å². The second-order valence-corrected chi connectivity index (χ2v) is 3.60. The number of aliphatic hydroxyl groups excluding tert-OH is 3. The minimum absolute atomic E-state index is 0.889. The summed E-state index contributed by atoms with van der Waals surface area (Å²) in [5.41, 5.74) is 0. The van der Waals surface area contributed by atoms with Crippen LogP contribution in [0, 0.1) is 0 Å². The number of Topliss-reactive ketones (excluding diaryl/α,β-unsaturated/α-hetero) is 1. The molecule has 0 saturated carbocycles. The predicted octanol–water partition coefficient (Wildman–Crippen LogP) is -2.62. The van der Waals surface area contributed by atoms with Crippen LogP contribution in [0.4, 0.5) is 0 Å². The third-order valence-corrected chi connectivity index (χ3v) is 1.73. The highest BCUT2D eigenvalue weighted by atomic mass is 31.2. The lowest BCUT2D eigenvalue weighted by Gasteiger charge is -2.15. The van der Waals surface area contributed by atoms with Crippen LogP contribution in [0.15, 0.2) is 0 Å². The molecule has 0 fully saturated rings. The van der Waals surface area contributed by atoms with Crippen molar-refractivity contribution in [1.82, 2.24) is 0 Å². The summed E-state index contributed by atoms with van der Waals surface area (Å²) in [5, 5.41) is 26.3. The molecule has 9 heteroatoms. The van der Waals surface area contributed by atoms with Crippen molar-refractivity contribution in [3.05, 3.63) is 0 Å². The molecule has 0 aromatic carbocycles. The van der Waals surface area contributed by atoms with E-state index in [2.05, 4.69) is 9.42 Å². The number of carbonyl (C=O) groups excluding carboxylic acids is 1. The van der Waals surface area contributed by atoms with E-state index in [1.807, 2.05) is 0 Å². The van der Waals surface area contributed by atoms with E-state index in [0.29, 0.717) is 0 Å². The fraction of sp³-hybridized carbons (Fsp3) is 0.800. The number of ketones is 1. The summed E-state index contributed by atoms with van der Waals surface area (Å²) >= 11 is 0. The number of rotatable bonds is 7. The first kappa shape index (κ1) is 11.7. The average Bonchev–Trinajstić information content (AvgIpc) is 2.23. The van der Waals surface area contributed by atoms with E-state index >= 15 is 0 Å². The lowest BCUT2D eigenvalue weighted by Crippen LogP contribution is -2.38. The van der Waals surface area contributed by atoms with E-state index in [1.165, 1.54) is 0 Å². The zero-order valence-corrected chi connectivity index (χ0v) is 7.83. The van der Waals surface area contributed by atoms with Crippen molar-refractivity contribution in [2.24, 2.45) is 0 Å². The maximum absolute atomic E-state index is 10.6. The third-order valence-electron chi connectivity index (χ3n) is 1.26. The smallest absolute Gasteiger partial charge is 0.388 e. The van der Waals surface area contributed by atoms with Gasteiger partial charge in [0.15, 0.2) is 5.78 Å². The fourth-order valence-electron chi connectivity index (χ4n) is 0.570. The van der Waals surface area contributed by atoms with E-state index in [9.17, 15) is 9.36 Å². The average molecular weight is 231 g/mol. The number of hydrogen-bond acceptors (Lipinski definition) is 7. The van der Waals surface area contributed by atoms with Gasteiger partial charge < -0.3 is 25.1 Å². The minimum Gasteiger partial charge on any atom is -0.388 e. The van der Waals surface area contributed by atoms with Crippen molar-refractivity contribution < 1.29 is 39.0 Å². The van der Waals surface area contributed by atoms with Crippen molar-refractivity contribution >= 4 is 13.6 Å². The monoisotopic (exact) mass is 231 g/mol. The van der Waals surface area contributed by atoms with Gasteiger partial charge in [-0.15, -0.1) is 0 Å². The first-order valence-corrected chi connectivity index (χ1v) is 4.95. The predicted molar refractivity (Wildman–Crippen MR) is 42.1 cm³/mol. The highest BCUT2D eigenvalue weighted by Crippen LogP contribution is 2.35. The molecule has 14 heavy (non-hydrogen) atoms. The molecule has 8 nitrogen and oxygen atoms in total. The lowest BCUT2D eigenvalue weighted by molar-refractivity contribution is -0.137. The number of aliphatic hydroxyl groups is 3. The quantitative estimate of drug-likeness (QED) is 0.299. The molecule has 0 heterocycles. The van der Waals surface area contributed by atoms with E-state index in [1.54, 1.807) is 0 Å². The van der Waals surface area contributed by atoms with Crippen LogP contribution in [-0.2, 0) is 13.9 Å². The van der Waals surface area contributed by atoms with Crippen LogP contribution < -0.4 is 0 Å². The summed E-state index contributed by atoms with van der Waals surface area (Å²) in [5.74, 6) is -1.06. The Labute approximate surface area is 80.5 Å². The number of hydrogen-bond donors (Lipinski definition) is 5. The van der Waals surface area contributed by atoms with Crippen molar-refractivity contribution in [2.75, 3.05) is 13.2 Å². The molecule has 5 N–H and O–H groups in total. The molecule has 0 rings (SSSR count). The number of phosphoric ester groups is 1. The molecular weight excluding hydrogens is 219 g/mol. The van der Waals surface area contributed by atoms with E-state index in [4.69, 9.17) is 21.6 Å². The van der Waals surface area contributed by atoms with Gasteiger partial charge in [-0.05, 0) is 0 Å². The second kappa shape index (κ2) is 5.52. The largest absolute Gasteiger partial charge is 0.469 e. The Bertz CT molecular complexity index is 257. The molecule has 3 atom stereocenters. The van der Waals surface area contributed by atoms with Crippen LogP contribution in [0.25, 0.3) is 0 Å². The van der Waals surface area contributed by atoms with Gasteiger partial charge in [0.1, 0.15) is 18.8 Å². The molecule has 0 aliphatic heterocycles. The van der Waals surface area contributed by atoms with E-state index < -0.39 is 39.0 Å². The molecule has 0 radical (unpaired) electrons. The van der Waals surface area contributed by atoms with Crippen molar-refractivity contribution in [3.63, 3.8) is 0 Å². The fourth-order valence-corrected chi connectivity index (χ4v) is 0.911. The zero-order chi connectivity index (χ0) is 12.1. The molecule has 1 unspecified atom stereocenters. The Balaban J connectivity index is 4.09. The maximum Gasteiger partial charge on any atom is 0.469 e. The van der Waals surface area contributed by atoms with Gasteiger partial charge in [-0.1, -0.05) is 0 Å². The maximum atomic E-state index is 10.6. The Morgan fingerprint density at radius 2 is 2.14 bits per heavy atom. The highest BCUT2D eigenvalue weighted by Gasteiger charge is 2.26. The normalized spacial score (nSPS) is 20.7. The summed E-state index contributed by atoms with van der Waals surface area (Å²) < 4.78 is 20.6. The second-order valence-electron chi connectivity index (χ2n) is 2.40. The van der Waals surface area contributed by atoms with Gasteiger partial charge in [-0.3, -0.25) is 9.32 Å². The number of carbonyl (C=O) groups is 1. The number of phosphoric acid groups is 1. The van der Waals surface area contributed by atoms with E-state index in [-0.39, 0.29) is 0 Å². The molecule has 0 bridgehead atoms. The standard InChI is InChI=1S/C5H11O8P/c6-1-3(7)5(9)4(8)2-13-14(10,11)12/h4-6,8-9H,1-2H2,(H2,10,11,12)/t4-,5+/m1/s1/i/hD. The van der Waals surface area contributed by atoms with Crippen LogP contribution in [0.3, 0.4) is 0 Å². The SMILES string of the molecule is [2H]OP(=O)(O)OC[C@@H](O)[C@@H](O)C(=O)CO. The molecular formula is C5H11O8P. The Hall–Kier alpha value is -0.340. The van der Waals surface area contributed by atoms with E-state index in [0.717, 1.165) is 0 Å². The van der Waals surface area contributed by atoms with Gasteiger partial charge in [0.2, 0.25) is 1.43 Å². The topological polar surface area (TPSA) is 145 Å². The molecule has 0 aromatic heterocycles. The molecule has 84 valence electrons. The summed E-state index contributed by atoms with van der Waals surface area (Å²) in [6.07, 6.45) is -3.72. The summed E-state index contributed by atoms with van der Waals surface area (Å²) in [6, 6.07) is 0. The van der Waals surface area contributed by atoms with Crippen molar-refractivity contribution in [3.8, 4) is 0 Å². The van der Waals surface area contributed by atoms with Crippen LogP contribution >= 0.6 is 7.82 Å². The minimum atomic E-state index is -4.58. The Kier molecular flexibility index (Phi) is 4.63. The van der Waals surface area contributed by atoms with Crippen LogP contribution in [0.1, 0.15) is 0 Å². The first-order valence-electron chi connectivity index (χ1n) is 3.87. The highest BCUT2D eigenvalue weighted by molar-refractivity contribution is 7.46. The lowest BCUT2D eigenvalue weighted by atomic mass is 10.1. The van der Waals surface area contributed by atoms with Gasteiger partial charge in [-0.2, -0.15) is 0 Å². The van der Waals surface area contributed by atoms with Gasteiger partial charge in [-0.25, -0.2) is 4.57 Å². The third kappa shape index (κ3) is 5.40. The molecule has 0 aromatic rings. The van der Waals surface area contributed by atoms with Gasteiger partial charge >= 0.3 is 7.82 Å². The Morgan fingerprint density at radius 3 is 2.57 bits per heavy atom. The molecule has 0 aliphatic carbocycles. The summed E-state index contributed by atoms with van der Waals surface area (Å²) in [6.45, 7) is -1.87. The molecule has 0 amide bonds. The van der Waals surface area contributed by atoms with Gasteiger partial charge in [0, 0.05) is 0 Å². The van der Waals surface area contributed by atoms with Gasteiger partial charge in [0.05, 0.1) is 6.61 Å². The first-order chi connectivity index (χ1) is 6.84. The molecule has 0 aliphatic rings.